The number of allylic oxidation sites excluding steroid dienone is 1. The van der Waals surface area contributed by atoms with E-state index in [2.05, 4.69) is 34.3 Å². The molecule has 0 aromatic carbocycles. The van der Waals surface area contributed by atoms with Crippen LogP contribution in [0, 0.1) is 11.8 Å². The van der Waals surface area contributed by atoms with E-state index in [-0.39, 0.29) is 5.97 Å². The molecule has 322 valence electrons. The molecule has 0 aliphatic rings. The zero-order valence-electron chi connectivity index (χ0n) is 37.2. The van der Waals surface area contributed by atoms with Crippen molar-refractivity contribution in [2.24, 2.45) is 11.8 Å². The molecular weight excluding hydrogens is 669 g/mol. The number of carbonyl (C=O) groups excluding carboxylic acids is 1. The number of carbonyl (C=O) groups is 1. The summed E-state index contributed by atoms with van der Waals surface area (Å²) in [6, 6.07) is 0. The van der Waals surface area contributed by atoms with Crippen molar-refractivity contribution >= 4 is 5.97 Å². The smallest absolute Gasteiger partial charge is 0.305 e. The van der Waals surface area contributed by atoms with E-state index in [1.165, 1.54) is 161 Å². The summed E-state index contributed by atoms with van der Waals surface area (Å²) < 4.78 is 23.2. The molecular formula is C49H96O5. The summed E-state index contributed by atoms with van der Waals surface area (Å²) in [4.78, 5) is 12.1. The maximum absolute atomic E-state index is 12.1. The fraction of sp³-hybridized carbons (Fsp3) is 0.939. The van der Waals surface area contributed by atoms with Crippen molar-refractivity contribution in [2.45, 2.75) is 246 Å². The number of hydrogen-bond acceptors (Lipinski definition) is 5. The van der Waals surface area contributed by atoms with Gasteiger partial charge in [-0.3, -0.25) is 4.79 Å². The SMILES string of the molecule is C=C(CCCCC(=O)OCCCCC(C)COCCCCCCCCCCCCCC)OCCCCC(C)COCCCCCCCCCCCCCC. The number of rotatable bonds is 46. The fourth-order valence-electron chi connectivity index (χ4n) is 7.15. The van der Waals surface area contributed by atoms with Crippen molar-refractivity contribution in [1.82, 2.24) is 0 Å². The van der Waals surface area contributed by atoms with Gasteiger partial charge in [0.15, 0.2) is 0 Å². The Morgan fingerprint density at radius 1 is 0.407 bits per heavy atom. The van der Waals surface area contributed by atoms with E-state index >= 15 is 0 Å². The van der Waals surface area contributed by atoms with Crippen LogP contribution in [0.15, 0.2) is 12.3 Å². The maximum Gasteiger partial charge on any atom is 0.305 e. The maximum atomic E-state index is 12.1. The number of unbranched alkanes of at least 4 members (excludes halogenated alkanes) is 25. The zero-order valence-corrected chi connectivity index (χ0v) is 37.2. The summed E-state index contributed by atoms with van der Waals surface area (Å²) in [7, 11) is 0. The second kappa shape index (κ2) is 44.6. The Balaban J connectivity index is 3.40. The standard InChI is InChI=1S/C49H96O5/c1-6-8-10-12-14-16-18-20-22-24-26-32-40-51-44-46(3)36-30-34-42-53-48(5)38-28-29-39-49(50)54-43-35-31-37-47(4)45-52-41-33-27-25-23-21-19-17-15-13-11-9-7-2/h46-47H,5-45H2,1-4H3. The van der Waals surface area contributed by atoms with Crippen LogP contribution in [0.1, 0.15) is 246 Å². The van der Waals surface area contributed by atoms with Crippen LogP contribution in [0.3, 0.4) is 0 Å². The van der Waals surface area contributed by atoms with Crippen molar-refractivity contribution in [3.8, 4) is 0 Å². The molecule has 0 bridgehead atoms. The zero-order chi connectivity index (χ0) is 39.4. The van der Waals surface area contributed by atoms with Crippen molar-refractivity contribution < 1.29 is 23.7 Å². The number of hydrogen-bond donors (Lipinski definition) is 0. The molecule has 0 saturated heterocycles. The Hall–Kier alpha value is -1.07. The summed E-state index contributed by atoms with van der Waals surface area (Å²) in [6.45, 7) is 18.0. The highest BCUT2D eigenvalue weighted by molar-refractivity contribution is 5.69. The van der Waals surface area contributed by atoms with Gasteiger partial charge in [0, 0.05) is 39.3 Å². The average Bonchev–Trinajstić information content (AvgIpc) is 3.16. The van der Waals surface area contributed by atoms with Crippen molar-refractivity contribution in [2.75, 3.05) is 39.6 Å². The molecule has 5 nitrogen and oxygen atoms in total. The molecule has 0 spiro atoms. The van der Waals surface area contributed by atoms with Gasteiger partial charge in [-0.25, -0.2) is 0 Å². The van der Waals surface area contributed by atoms with Crippen LogP contribution in [0.2, 0.25) is 0 Å². The normalized spacial score (nSPS) is 12.6. The van der Waals surface area contributed by atoms with E-state index < -0.39 is 0 Å². The van der Waals surface area contributed by atoms with Crippen molar-refractivity contribution in [1.29, 1.82) is 0 Å². The van der Waals surface area contributed by atoms with Gasteiger partial charge in [0.1, 0.15) is 0 Å². The predicted molar refractivity (Wildman–Crippen MR) is 234 cm³/mol. The van der Waals surface area contributed by atoms with Crippen LogP contribution in [0.25, 0.3) is 0 Å². The minimum absolute atomic E-state index is 0.0764. The molecule has 5 heteroatoms. The first-order valence-electron chi connectivity index (χ1n) is 24.1. The van der Waals surface area contributed by atoms with Gasteiger partial charge in [0.2, 0.25) is 0 Å². The molecule has 2 atom stereocenters. The summed E-state index contributed by atoms with van der Waals surface area (Å²) in [5.74, 6) is 1.93. The van der Waals surface area contributed by atoms with Gasteiger partial charge < -0.3 is 18.9 Å². The first-order chi connectivity index (χ1) is 26.5. The minimum Gasteiger partial charge on any atom is -0.499 e. The van der Waals surface area contributed by atoms with Crippen LogP contribution in [-0.2, 0) is 23.7 Å². The molecule has 0 aliphatic carbocycles. The molecule has 0 radical (unpaired) electrons. The third kappa shape index (κ3) is 43.7. The summed E-state index contributed by atoms with van der Waals surface area (Å²) >= 11 is 0. The summed E-state index contributed by atoms with van der Waals surface area (Å²) in [5.41, 5.74) is 0. The lowest BCUT2D eigenvalue weighted by atomic mass is 10.1. The third-order valence-electron chi connectivity index (χ3n) is 10.9. The topological polar surface area (TPSA) is 54.0 Å². The summed E-state index contributed by atoms with van der Waals surface area (Å²) in [6.07, 6.45) is 42.7. The van der Waals surface area contributed by atoms with Gasteiger partial charge in [0.05, 0.1) is 19.0 Å². The van der Waals surface area contributed by atoms with E-state index in [9.17, 15) is 4.79 Å². The molecule has 0 saturated carbocycles. The highest BCUT2D eigenvalue weighted by atomic mass is 16.5. The lowest BCUT2D eigenvalue weighted by molar-refractivity contribution is -0.143. The first-order valence-corrected chi connectivity index (χ1v) is 24.1. The van der Waals surface area contributed by atoms with E-state index in [0.29, 0.717) is 24.9 Å². The van der Waals surface area contributed by atoms with Crippen molar-refractivity contribution in [3.05, 3.63) is 12.3 Å². The van der Waals surface area contributed by atoms with E-state index in [0.717, 1.165) is 90.2 Å². The van der Waals surface area contributed by atoms with Crippen LogP contribution >= 0.6 is 0 Å². The van der Waals surface area contributed by atoms with Crippen LogP contribution in [0.5, 0.6) is 0 Å². The van der Waals surface area contributed by atoms with Gasteiger partial charge in [-0.2, -0.15) is 0 Å². The average molecular weight is 765 g/mol. The van der Waals surface area contributed by atoms with Gasteiger partial charge in [-0.1, -0.05) is 176 Å². The van der Waals surface area contributed by atoms with Crippen LogP contribution in [-0.4, -0.2) is 45.6 Å². The molecule has 0 rings (SSSR count). The van der Waals surface area contributed by atoms with E-state index in [1.807, 2.05) is 0 Å². The number of ether oxygens (including phenoxy) is 4. The van der Waals surface area contributed by atoms with E-state index in [4.69, 9.17) is 18.9 Å². The molecule has 0 aromatic heterocycles. The van der Waals surface area contributed by atoms with Crippen LogP contribution < -0.4 is 0 Å². The molecule has 2 unspecified atom stereocenters. The lowest BCUT2D eigenvalue weighted by Crippen LogP contribution is -2.09. The molecule has 0 aliphatic heterocycles. The monoisotopic (exact) mass is 765 g/mol. The van der Waals surface area contributed by atoms with Gasteiger partial charge in [-0.05, 0) is 76.0 Å². The quantitative estimate of drug-likeness (QED) is 0.0351. The van der Waals surface area contributed by atoms with Gasteiger partial charge in [-0.15, -0.1) is 0 Å². The molecule has 0 fully saturated rings. The fourth-order valence-corrected chi connectivity index (χ4v) is 7.15. The van der Waals surface area contributed by atoms with E-state index in [1.54, 1.807) is 0 Å². The predicted octanol–water partition coefficient (Wildman–Crippen LogP) is 15.7. The highest BCUT2D eigenvalue weighted by Gasteiger charge is 2.07. The first kappa shape index (κ1) is 52.9. The van der Waals surface area contributed by atoms with Gasteiger partial charge in [0.25, 0.3) is 0 Å². The Morgan fingerprint density at radius 3 is 1.15 bits per heavy atom. The molecule has 0 aromatic rings. The Morgan fingerprint density at radius 2 is 0.741 bits per heavy atom. The Labute approximate surface area is 338 Å². The largest absolute Gasteiger partial charge is 0.499 e. The molecule has 0 N–H and O–H groups in total. The molecule has 0 heterocycles. The Bertz CT molecular complexity index is 692. The molecule has 0 amide bonds. The van der Waals surface area contributed by atoms with Crippen LogP contribution in [0.4, 0.5) is 0 Å². The lowest BCUT2D eigenvalue weighted by Gasteiger charge is -2.13. The summed E-state index contributed by atoms with van der Waals surface area (Å²) in [5, 5.41) is 0. The minimum atomic E-state index is -0.0764. The third-order valence-corrected chi connectivity index (χ3v) is 10.9. The highest BCUT2D eigenvalue weighted by Crippen LogP contribution is 2.16. The Kier molecular flexibility index (Phi) is 43.8. The second-order valence-corrected chi connectivity index (χ2v) is 16.9. The second-order valence-electron chi connectivity index (χ2n) is 16.9. The van der Waals surface area contributed by atoms with Crippen molar-refractivity contribution in [3.63, 3.8) is 0 Å². The van der Waals surface area contributed by atoms with Gasteiger partial charge >= 0.3 is 5.97 Å². The molecule has 54 heavy (non-hydrogen) atoms. The number of esters is 1.